The van der Waals surface area contributed by atoms with Gasteiger partial charge in [0.2, 0.25) is 0 Å². The second kappa shape index (κ2) is 22.2. The zero-order valence-electron chi connectivity index (χ0n) is 27.9. The molecule has 0 aromatic heterocycles. The third-order valence-corrected chi connectivity index (χ3v) is 8.42. The molecule has 238 valence electrons. The first-order valence-electron chi connectivity index (χ1n) is 16.8. The first kappa shape index (κ1) is 37.7. The van der Waals surface area contributed by atoms with Gasteiger partial charge in [-0.1, -0.05) is 132 Å². The monoisotopic (exact) mass is 582 g/mol. The number of ether oxygens (including phenoxy) is 1. The van der Waals surface area contributed by atoms with Crippen LogP contribution in [0.3, 0.4) is 0 Å². The lowest BCUT2D eigenvalue weighted by atomic mass is 9.72. The second-order valence-electron chi connectivity index (χ2n) is 13.1. The average molecular weight is 583 g/mol. The lowest BCUT2D eigenvalue weighted by Gasteiger charge is -2.32. The van der Waals surface area contributed by atoms with Crippen molar-refractivity contribution in [1.29, 1.82) is 0 Å². The number of esters is 1. The summed E-state index contributed by atoms with van der Waals surface area (Å²) in [6.07, 6.45) is 33.2. The van der Waals surface area contributed by atoms with Crippen molar-refractivity contribution in [3.63, 3.8) is 0 Å². The number of carboxylic acids is 1. The summed E-state index contributed by atoms with van der Waals surface area (Å²) in [5, 5.41) is 8.66. The van der Waals surface area contributed by atoms with Crippen LogP contribution in [0.4, 0.5) is 0 Å². The first-order chi connectivity index (χ1) is 20.0. The normalized spacial score (nSPS) is 16.9. The summed E-state index contributed by atoms with van der Waals surface area (Å²) in [5.74, 6) is -0.895. The molecule has 1 rings (SSSR count). The number of hydrogen-bond donors (Lipinski definition) is 1. The van der Waals surface area contributed by atoms with Crippen LogP contribution >= 0.6 is 0 Å². The van der Waals surface area contributed by atoms with Crippen molar-refractivity contribution in [1.82, 2.24) is 0 Å². The highest BCUT2D eigenvalue weighted by Gasteiger charge is 2.26. The fraction of sp³-hybridized carbons (Fsp3) is 0.684. The van der Waals surface area contributed by atoms with E-state index in [0.29, 0.717) is 6.42 Å². The molecule has 0 bridgehead atoms. The van der Waals surface area contributed by atoms with Crippen molar-refractivity contribution in [2.45, 2.75) is 163 Å². The predicted octanol–water partition coefficient (Wildman–Crippen LogP) is 11.4. The van der Waals surface area contributed by atoms with Gasteiger partial charge in [0.05, 0.1) is 0 Å². The Bertz CT molecular complexity index is 944. The topological polar surface area (TPSA) is 63.6 Å². The zero-order valence-corrected chi connectivity index (χ0v) is 27.9. The van der Waals surface area contributed by atoms with Crippen molar-refractivity contribution in [3.8, 4) is 0 Å². The summed E-state index contributed by atoms with van der Waals surface area (Å²) in [5.41, 5.74) is 5.60. The van der Waals surface area contributed by atoms with Gasteiger partial charge >= 0.3 is 11.9 Å². The van der Waals surface area contributed by atoms with E-state index in [1.807, 2.05) is 0 Å². The summed E-state index contributed by atoms with van der Waals surface area (Å²) in [6.45, 7) is 12.7. The number of carboxylic acid groups (broad SMARTS) is 1. The third-order valence-electron chi connectivity index (χ3n) is 8.42. The molecule has 0 heterocycles. The highest BCUT2D eigenvalue weighted by atomic mass is 16.5. The number of carbonyl (C=O) groups is 2. The van der Waals surface area contributed by atoms with Gasteiger partial charge in [-0.2, -0.15) is 0 Å². The molecule has 1 aliphatic rings. The minimum Gasteiger partial charge on any atom is -0.481 e. The van der Waals surface area contributed by atoms with E-state index in [9.17, 15) is 9.59 Å². The molecule has 4 heteroatoms. The van der Waals surface area contributed by atoms with Gasteiger partial charge in [-0.05, 0) is 76.4 Å². The summed E-state index contributed by atoms with van der Waals surface area (Å²) in [4.78, 5) is 22.2. The van der Waals surface area contributed by atoms with Crippen LogP contribution in [-0.2, 0) is 14.3 Å². The Kier molecular flexibility index (Phi) is 19.9. The molecule has 0 radical (unpaired) electrons. The Morgan fingerprint density at radius 3 is 1.90 bits per heavy atom. The van der Waals surface area contributed by atoms with Gasteiger partial charge in [-0.25, -0.2) is 0 Å². The molecule has 0 saturated carbocycles. The molecule has 0 amide bonds. The van der Waals surface area contributed by atoms with E-state index in [2.05, 4.69) is 71.1 Å². The third kappa shape index (κ3) is 18.9. The molecular weight excluding hydrogens is 520 g/mol. The summed E-state index contributed by atoms with van der Waals surface area (Å²) in [6, 6.07) is 0. The van der Waals surface area contributed by atoms with E-state index in [1.165, 1.54) is 101 Å². The average Bonchev–Trinajstić information content (AvgIpc) is 2.89. The van der Waals surface area contributed by atoms with Crippen LogP contribution in [-0.4, -0.2) is 23.1 Å². The van der Waals surface area contributed by atoms with Crippen molar-refractivity contribution in [2.24, 2.45) is 5.41 Å². The van der Waals surface area contributed by atoms with E-state index in [4.69, 9.17) is 9.84 Å². The van der Waals surface area contributed by atoms with E-state index in [0.717, 1.165) is 37.7 Å². The highest BCUT2D eigenvalue weighted by Crippen LogP contribution is 2.40. The standard InChI is InChI=1S/C38H62O4/c1-31(27-28-36-33(3)24-21-29-38(36,5)6)22-20-23-32(2)30-35(42-34(4)39)25-18-16-14-12-10-8-7-9-11-13-15-17-19-26-37(40)41/h20,22-23,27-28,30,35H,7-19,21,24-26,29H2,1-6H3,(H,40,41). The van der Waals surface area contributed by atoms with Crippen LogP contribution in [0.25, 0.3) is 0 Å². The minimum atomic E-state index is -0.677. The Morgan fingerprint density at radius 2 is 1.38 bits per heavy atom. The Hall–Kier alpha value is -2.36. The molecule has 1 aliphatic carbocycles. The number of allylic oxidation sites excluding steroid dienone is 9. The lowest BCUT2D eigenvalue weighted by molar-refractivity contribution is -0.144. The van der Waals surface area contributed by atoms with Gasteiger partial charge in [0, 0.05) is 13.3 Å². The summed E-state index contributed by atoms with van der Waals surface area (Å²) < 4.78 is 5.60. The highest BCUT2D eigenvalue weighted by molar-refractivity contribution is 5.66. The molecule has 0 aliphatic heterocycles. The number of hydrogen-bond acceptors (Lipinski definition) is 3. The number of carbonyl (C=O) groups excluding carboxylic acids is 1. The minimum absolute atomic E-state index is 0.162. The van der Waals surface area contributed by atoms with Crippen molar-refractivity contribution in [3.05, 3.63) is 58.7 Å². The van der Waals surface area contributed by atoms with Crippen molar-refractivity contribution in [2.75, 3.05) is 0 Å². The van der Waals surface area contributed by atoms with Gasteiger partial charge < -0.3 is 9.84 Å². The van der Waals surface area contributed by atoms with Gasteiger partial charge in [-0.15, -0.1) is 0 Å². The van der Waals surface area contributed by atoms with E-state index >= 15 is 0 Å². The van der Waals surface area contributed by atoms with Crippen LogP contribution in [0, 0.1) is 5.41 Å². The van der Waals surface area contributed by atoms with Gasteiger partial charge in [0.15, 0.2) is 0 Å². The SMILES string of the molecule is CC(=O)OC(C=C(C)C=CC=C(C)C=CC1=C(C)CCCC1(C)C)CCCCCCCCCCCCCCCC(=O)O. The summed E-state index contributed by atoms with van der Waals surface area (Å²) in [7, 11) is 0. The Balaban J connectivity index is 2.31. The maximum atomic E-state index is 11.7. The molecular formula is C38H62O4. The van der Waals surface area contributed by atoms with Crippen LogP contribution in [0.2, 0.25) is 0 Å². The number of aliphatic carboxylic acids is 1. The van der Waals surface area contributed by atoms with E-state index in [1.54, 1.807) is 0 Å². The summed E-state index contributed by atoms with van der Waals surface area (Å²) >= 11 is 0. The molecule has 4 nitrogen and oxygen atoms in total. The van der Waals surface area contributed by atoms with Crippen LogP contribution in [0.5, 0.6) is 0 Å². The predicted molar refractivity (Wildman–Crippen MR) is 179 cm³/mol. The van der Waals surface area contributed by atoms with Crippen LogP contribution < -0.4 is 0 Å². The van der Waals surface area contributed by atoms with E-state index < -0.39 is 5.97 Å². The Morgan fingerprint density at radius 1 is 0.833 bits per heavy atom. The molecule has 42 heavy (non-hydrogen) atoms. The largest absolute Gasteiger partial charge is 0.481 e. The second-order valence-corrected chi connectivity index (χ2v) is 13.1. The van der Waals surface area contributed by atoms with Crippen LogP contribution in [0.15, 0.2) is 58.7 Å². The van der Waals surface area contributed by atoms with Gasteiger partial charge in [0.1, 0.15) is 6.10 Å². The molecule has 0 aromatic rings. The fourth-order valence-electron chi connectivity index (χ4n) is 5.94. The lowest BCUT2D eigenvalue weighted by Crippen LogP contribution is -2.19. The molecule has 1 N–H and O–H groups in total. The Labute approximate surface area is 258 Å². The molecule has 1 atom stereocenters. The van der Waals surface area contributed by atoms with Gasteiger partial charge in [-0.3, -0.25) is 9.59 Å². The number of unbranched alkanes of at least 4 members (excludes halogenated alkanes) is 12. The molecule has 0 aromatic carbocycles. The van der Waals surface area contributed by atoms with Gasteiger partial charge in [0.25, 0.3) is 0 Å². The molecule has 0 fully saturated rings. The maximum Gasteiger partial charge on any atom is 0.303 e. The first-order valence-corrected chi connectivity index (χ1v) is 16.8. The van der Waals surface area contributed by atoms with E-state index in [-0.39, 0.29) is 17.5 Å². The fourth-order valence-corrected chi connectivity index (χ4v) is 5.94. The van der Waals surface area contributed by atoms with Crippen molar-refractivity contribution >= 4 is 11.9 Å². The number of rotatable bonds is 22. The zero-order chi connectivity index (χ0) is 31.2. The quantitative estimate of drug-likeness (QED) is 0.0783. The molecule has 0 saturated heterocycles. The smallest absolute Gasteiger partial charge is 0.303 e. The molecule has 0 spiro atoms. The molecule has 1 unspecified atom stereocenters. The van der Waals surface area contributed by atoms with Crippen LogP contribution in [0.1, 0.15) is 157 Å². The van der Waals surface area contributed by atoms with Crippen molar-refractivity contribution < 1.29 is 19.4 Å². The maximum absolute atomic E-state index is 11.7.